The molecule has 0 aliphatic carbocycles. The minimum absolute atomic E-state index is 0.187. The Hall–Kier alpha value is -1.52. The first-order chi connectivity index (χ1) is 11.1. The third-order valence-electron chi connectivity index (χ3n) is 3.94. The van der Waals surface area contributed by atoms with Gasteiger partial charge in [-0.1, -0.05) is 18.6 Å². The lowest BCUT2D eigenvalue weighted by Crippen LogP contribution is -2.46. The third kappa shape index (κ3) is 8.37. The van der Waals surface area contributed by atoms with Crippen LogP contribution in [-0.4, -0.2) is 29.8 Å². The van der Waals surface area contributed by atoms with Crippen LogP contribution in [0.25, 0.3) is 0 Å². The second-order valence-electron chi connectivity index (χ2n) is 8.02. The molecule has 24 heavy (non-hydrogen) atoms. The summed E-state index contributed by atoms with van der Waals surface area (Å²) < 4.78 is 10.7. The second kappa shape index (κ2) is 9.09. The van der Waals surface area contributed by atoms with Gasteiger partial charge in [-0.05, 0) is 66.2 Å². The van der Waals surface area contributed by atoms with E-state index in [2.05, 4.69) is 32.2 Å². The molecule has 5 nitrogen and oxygen atoms in total. The minimum Gasteiger partial charge on any atom is -0.460 e. The van der Waals surface area contributed by atoms with Crippen molar-refractivity contribution >= 4 is 12.1 Å². The number of nitrogens with one attached hydrogen (secondary N) is 1. The summed E-state index contributed by atoms with van der Waals surface area (Å²) in [5.41, 5.74) is 0.770. The zero-order chi connectivity index (χ0) is 18.3. The average Bonchev–Trinajstić information content (AvgIpc) is 2.82. The van der Waals surface area contributed by atoms with Gasteiger partial charge in [0, 0.05) is 6.42 Å². The zero-order valence-electron chi connectivity index (χ0n) is 16.0. The van der Waals surface area contributed by atoms with E-state index in [4.69, 9.17) is 9.47 Å². The predicted molar refractivity (Wildman–Crippen MR) is 94.7 cm³/mol. The van der Waals surface area contributed by atoms with Crippen LogP contribution in [0.1, 0.15) is 73.6 Å². The van der Waals surface area contributed by atoms with Crippen LogP contribution >= 0.6 is 0 Å². The molecule has 0 bridgehead atoms. The van der Waals surface area contributed by atoms with Gasteiger partial charge in [0.05, 0.1) is 6.04 Å². The smallest absolute Gasteiger partial charge is 0.408 e. The van der Waals surface area contributed by atoms with E-state index < -0.39 is 11.7 Å². The summed E-state index contributed by atoms with van der Waals surface area (Å²) in [5, 5.41) is 2.91. The molecule has 1 N–H and O–H groups in total. The van der Waals surface area contributed by atoms with Crippen molar-refractivity contribution in [3.8, 4) is 0 Å². The third-order valence-corrected chi connectivity index (χ3v) is 3.94. The first kappa shape index (κ1) is 20.5. The van der Waals surface area contributed by atoms with Crippen LogP contribution < -0.4 is 5.32 Å². The average molecular weight is 339 g/mol. The molecule has 1 amide bonds. The molecule has 1 aliphatic rings. The summed E-state index contributed by atoms with van der Waals surface area (Å²) in [6, 6.07) is -0.201. The zero-order valence-corrected chi connectivity index (χ0v) is 16.0. The van der Waals surface area contributed by atoms with E-state index in [-0.39, 0.29) is 18.1 Å². The number of rotatable bonds is 7. The van der Waals surface area contributed by atoms with Crippen molar-refractivity contribution in [1.29, 1.82) is 0 Å². The van der Waals surface area contributed by atoms with Crippen molar-refractivity contribution in [2.75, 3.05) is 0 Å². The maximum atomic E-state index is 12.1. The molecule has 0 aromatic carbocycles. The summed E-state index contributed by atoms with van der Waals surface area (Å²) in [7, 11) is 0. The molecular formula is C19H33NO4. The molecule has 2 unspecified atom stereocenters. The van der Waals surface area contributed by atoms with Crippen molar-refractivity contribution < 1.29 is 19.1 Å². The molecular weight excluding hydrogens is 306 g/mol. The molecule has 0 spiro atoms. The molecule has 1 fully saturated rings. The molecule has 0 aromatic rings. The molecule has 1 heterocycles. The highest BCUT2D eigenvalue weighted by molar-refractivity contribution is 5.72. The Morgan fingerprint density at radius 3 is 2.58 bits per heavy atom. The number of hydrogen-bond acceptors (Lipinski definition) is 4. The summed E-state index contributed by atoms with van der Waals surface area (Å²) in [6.07, 6.45) is 5.42. The minimum atomic E-state index is -0.546. The van der Waals surface area contributed by atoms with Crippen LogP contribution in [0.4, 0.5) is 4.79 Å². The van der Waals surface area contributed by atoms with Gasteiger partial charge in [-0.3, -0.25) is 4.79 Å². The van der Waals surface area contributed by atoms with E-state index in [1.807, 2.05) is 20.8 Å². The number of alkyl carbamates (subject to hydrolysis) is 1. The number of amides is 1. The van der Waals surface area contributed by atoms with Crippen molar-refractivity contribution in [1.82, 2.24) is 5.32 Å². The SMILES string of the molecule is CC(C)=CCCC(C)CC(NC(=O)OC(C)(C)C)[C@H]1CCC(=O)O1. The Balaban J connectivity index is 2.62. The summed E-state index contributed by atoms with van der Waals surface area (Å²) >= 11 is 0. The molecule has 3 atom stereocenters. The fourth-order valence-corrected chi connectivity index (χ4v) is 2.80. The second-order valence-corrected chi connectivity index (χ2v) is 8.02. The van der Waals surface area contributed by atoms with Crippen LogP contribution in [0.5, 0.6) is 0 Å². The van der Waals surface area contributed by atoms with Gasteiger partial charge >= 0.3 is 12.1 Å². The standard InChI is InChI=1S/C19H33NO4/c1-13(2)8-7-9-14(3)12-15(16-10-11-17(21)23-16)20-18(22)24-19(4,5)6/h8,14-16H,7,9-12H2,1-6H3,(H,20,22)/t14?,15?,16-/m1/s1. The van der Waals surface area contributed by atoms with Crippen LogP contribution in [0, 0.1) is 5.92 Å². The normalized spacial score (nSPS) is 20.1. The molecule has 1 rings (SSSR count). The number of cyclic esters (lactones) is 1. The monoisotopic (exact) mass is 339 g/mol. The lowest BCUT2D eigenvalue weighted by Gasteiger charge is -2.28. The Labute approximate surface area is 146 Å². The Morgan fingerprint density at radius 2 is 2.08 bits per heavy atom. The Morgan fingerprint density at radius 1 is 1.42 bits per heavy atom. The number of esters is 1. The van der Waals surface area contributed by atoms with Gasteiger partial charge < -0.3 is 14.8 Å². The van der Waals surface area contributed by atoms with Gasteiger partial charge in [0.1, 0.15) is 11.7 Å². The first-order valence-corrected chi connectivity index (χ1v) is 8.89. The number of allylic oxidation sites excluding steroid dienone is 2. The van der Waals surface area contributed by atoms with Crippen molar-refractivity contribution in [3.63, 3.8) is 0 Å². The summed E-state index contributed by atoms with van der Waals surface area (Å²) in [4.78, 5) is 23.5. The van der Waals surface area contributed by atoms with Gasteiger partial charge in [-0.25, -0.2) is 4.79 Å². The molecule has 5 heteroatoms. The van der Waals surface area contributed by atoms with Crippen LogP contribution in [-0.2, 0) is 14.3 Å². The van der Waals surface area contributed by atoms with Gasteiger partial charge in [0.15, 0.2) is 0 Å². The fourth-order valence-electron chi connectivity index (χ4n) is 2.80. The fraction of sp³-hybridized carbons (Fsp3) is 0.789. The summed E-state index contributed by atoms with van der Waals surface area (Å²) in [5.74, 6) is 0.230. The highest BCUT2D eigenvalue weighted by Gasteiger charge is 2.33. The van der Waals surface area contributed by atoms with Gasteiger partial charge in [0.2, 0.25) is 0 Å². The van der Waals surface area contributed by atoms with E-state index >= 15 is 0 Å². The number of carbonyl (C=O) groups is 2. The van der Waals surface area contributed by atoms with Crippen LogP contribution in [0.15, 0.2) is 11.6 Å². The van der Waals surface area contributed by atoms with E-state index in [0.29, 0.717) is 18.8 Å². The van der Waals surface area contributed by atoms with Crippen molar-refractivity contribution in [3.05, 3.63) is 11.6 Å². The molecule has 1 aliphatic heterocycles. The van der Waals surface area contributed by atoms with E-state index in [1.54, 1.807) is 0 Å². The van der Waals surface area contributed by atoms with E-state index in [9.17, 15) is 9.59 Å². The Bertz CT molecular complexity index is 460. The molecule has 1 saturated heterocycles. The molecule has 0 radical (unpaired) electrons. The first-order valence-electron chi connectivity index (χ1n) is 8.89. The molecule has 0 saturated carbocycles. The largest absolute Gasteiger partial charge is 0.460 e. The van der Waals surface area contributed by atoms with Crippen molar-refractivity contribution in [2.45, 2.75) is 91.4 Å². The van der Waals surface area contributed by atoms with Crippen LogP contribution in [0.2, 0.25) is 0 Å². The van der Waals surface area contributed by atoms with Crippen molar-refractivity contribution in [2.24, 2.45) is 5.92 Å². The highest BCUT2D eigenvalue weighted by atomic mass is 16.6. The lowest BCUT2D eigenvalue weighted by molar-refractivity contribution is -0.142. The van der Waals surface area contributed by atoms with E-state index in [1.165, 1.54) is 5.57 Å². The van der Waals surface area contributed by atoms with Gasteiger partial charge in [0.25, 0.3) is 0 Å². The molecule has 0 aromatic heterocycles. The van der Waals surface area contributed by atoms with Gasteiger partial charge in [-0.2, -0.15) is 0 Å². The maximum absolute atomic E-state index is 12.1. The van der Waals surface area contributed by atoms with Crippen LogP contribution in [0.3, 0.4) is 0 Å². The Kier molecular flexibility index (Phi) is 7.77. The lowest BCUT2D eigenvalue weighted by atomic mass is 9.93. The van der Waals surface area contributed by atoms with Gasteiger partial charge in [-0.15, -0.1) is 0 Å². The maximum Gasteiger partial charge on any atom is 0.408 e. The quantitative estimate of drug-likeness (QED) is 0.553. The molecule has 138 valence electrons. The predicted octanol–water partition coefficient (Wildman–Crippen LogP) is 4.36. The highest BCUT2D eigenvalue weighted by Crippen LogP contribution is 2.24. The number of carbonyl (C=O) groups excluding carboxylic acids is 2. The topological polar surface area (TPSA) is 64.6 Å². The van der Waals surface area contributed by atoms with E-state index in [0.717, 1.165) is 19.3 Å². The summed E-state index contributed by atoms with van der Waals surface area (Å²) in [6.45, 7) is 11.8. The number of ether oxygens (including phenoxy) is 2. The number of hydrogen-bond donors (Lipinski definition) is 1.